The van der Waals surface area contributed by atoms with E-state index in [2.05, 4.69) is 0 Å². The topological polar surface area (TPSA) is 79.5 Å². The number of ketones is 1. The highest BCUT2D eigenvalue weighted by molar-refractivity contribution is 6.12. The molecule has 21 heavy (non-hydrogen) atoms. The molecular formula is C16H19NO4. The molecule has 0 saturated carbocycles. The smallest absolute Gasteiger partial charge is 0.337 e. The molecule has 2 rings (SSSR count). The molecule has 1 aromatic carbocycles. The zero-order valence-electron chi connectivity index (χ0n) is 12.4. The van der Waals surface area contributed by atoms with E-state index in [9.17, 15) is 14.7 Å². The number of carboxylic acids is 1. The Balaban J connectivity index is 2.89. The lowest BCUT2D eigenvalue weighted by molar-refractivity contribution is 0.0698. The van der Waals surface area contributed by atoms with Gasteiger partial charge in [0.15, 0.2) is 5.78 Å². The molecule has 0 unspecified atom stereocenters. The number of hydrogen-bond acceptors (Lipinski definition) is 3. The molecule has 0 saturated heterocycles. The molecule has 0 bridgehead atoms. The van der Waals surface area contributed by atoms with Crippen molar-refractivity contribution < 1.29 is 19.8 Å². The molecule has 1 heterocycles. The third-order valence-corrected chi connectivity index (χ3v) is 3.61. The normalized spacial score (nSPS) is 11.3. The Morgan fingerprint density at radius 2 is 1.90 bits per heavy atom. The van der Waals surface area contributed by atoms with Gasteiger partial charge in [-0.3, -0.25) is 4.79 Å². The van der Waals surface area contributed by atoms with Crippen molar-refractivity contribution >= 4 is 22.7 Å². The van der Waals surface area contributed by atoms with E-state index in [1.54, 1.807) is 16.8 Å². The summed E-state index contributed by atoms with van der Waals surface area (Å²) in [6.45, 7) is 5.55. The SMILES string of the molecule is CC(=O)c1cn(CCO)c2c(C(=O)O)cc(C(C)C)cc12. The number of carbonyl (C=O) groups is 2. The highest BCUT2D eigenvalue weighted by Crippen LogP contribution is 2.30. The van der Waals surface area contributed by atoms with Crippen molar-refractivity contribution in [1.82, 2.24) is 4.57 Å². The van der Waals surface area contributed by atoms with E-state index in [1.807, 2.05) is 19.9 Å². The van der Waals surface area contributed by atoms with Crippen LogP contribution >= 0.6 is 0 Å². The molecular weight excluding hydrogens is 270 g/mol. The van der Waals surface area contributed by atoms with Gasteiger partial charge < -0.3 is 14.8 Å². The van der Waals surface area contributed by atoms with E-state index in [4.69, 9.17) is 5.11 Å². The van der Waals surface area contributed by atoms with Crippen LogP contribution in [0.2, 0.25) is 0 Å². The number of aromatic carboxylic acids is 1. The van der Waals surface area contributed by atoms with Crippen LogP contribution in [0.25, 0.3) is 10.9 Å². The average molecular weight is 289 g/mol. The Kier molecular flexibility index (Phi) is 4.14. The van der Waals surface area contributed by atoms with Crippen molar-refractivity contribution in [3.63, 3.8) is 0 Å². The van der Waals surface area contributed by atoms with Crippen LogP contribution in [0.4, 0.5) is 0 Å². The van der Waals surface area contributed by atoms with Crippen molar-refractivity contribution in [2.45, 2.75) is 33.2 Å². The van der Waals surface area contributed by atoms with Crippen LogP contribution < -0.4 is 0 Å². The number of carbonyl (C=O) groups excluding carboxylic acids is 1. The van der Waals surface area contributed by atoms with Gasteiger partial charge in [-0.25, -0.2) is 4.79 Å². The monoisotopic (exact) mass is 289 g/mol. The first-order valence-corrected chi connectivity index (χ1v) is 6.88. The fraction of sp³-hybridized carbons (Fsp3) is 0.375. The lowest BCUT2D eigenvalue weighted by atomic mass is 9.96. The fourth-order valence-electron chi connectivity index (χ4n) is 2.52. The number of benzene rings is 1. The molecule has 0 atom stereocenters. The molecule has 0 fully saturated rings. The van der Waals surface area contributed by atoms with Gasteiger partial charge in [0.2, 0.25) is 0 Å². The molecule has 0 spiro atoms. The summed E-state index contributed by atoms with van der Waals surface area (Å²) in [5, 5.41) is 19.3. The number of carboxylic acid groups (broad SMARTS) is 1. The number of fused-ring (bicyclic) bond motifs is 1. The van der Waals surface area contributed by atoms with Gasteiger partial charge in [0.05, 0.1) is 17.7 Å². The second-order valence-corrected chi connectivity index (χ2v) is 5.44. The first-order chi connectivity index (χ1) is 9.86. The third-order valence-electron chi connectivity index (χ3n) is 3.61. The maximum Gasteiger partial charge on any atom is 0.337 e. The maximum absolute atomic E-state index is 11.8. The first kappa shape index (κ1) is 15.3. The van der Waals surface area contributed by atoms with E-state index in [0.29, 0.717) is 16.5 Å². The van der Waals surface area contributed by atoms with Crippen LogP contribution in [0.1, 0.15) is 53.0 Å². The summed E-state index contributed by atoms with van der Waals surface area (Å²) in [7, 11) is 0. The predicted molar refractivity (Wildman–Crippen MR) is 80.1 cm³/mol. The summed E-state index contributed by atoms with van der Waals surface area (Å²) in [4.78, 5) is 23.4. The molecule has 5 heteroatoms. The van der Waals surface area contributed by atoms with Gasteiger partial charge >= 0.3 is 5.97 Å². The van der Waals surface area contributed by atoms with E-state index in [1.165, 1.54) is 6.92 Å². The largest absolute Gasteiger partial charge is 0.478 e. The Morgan fingerprint density at radius 3 is 2.38 bits per heavy atom. The average Bonchev–Trinajstić information content (AvgIpc) is 2.77. The number of aliphatic hydroxyl groups excluding tert-OH is 1. The van der Waals surface area contributed by atoms with E-state index < -0.39 is 5.97 Å². The summed E-state index contributed by atoms with van der Waals surface area (Å²) >= 11 is 0. The van der Waals surface area contributed by atoms with Gasteiger partial charge in [-0.15, -0.1) is 0 Å². The van der Waals surface area contributed by atoms with Crippen LogP contribution in [-0.4, -0.2) is 33.1 Å². The van der Waals surface area contributed by atoms with Crippen molar-refractivity contribution in [3.8, 4) is 0 Å². The number of rotatable bonds is 5. The van der Waals surface area contributed by atoms with Gasteiger partial charge in [-0.05, 0) is 30.5 Å². The second kappa shape index (κ2) is 5.69. The number of aromatic nitrogens is 1. The van der Waals surface area contributed by atoms with Crippen molar-refractivity contribution in [2.24, 2.45) is 0 Å². The summed E-state index contributed by atoms with van der Waals surface area (Å²) < 4.78 is 1.64. The Morgan fingerprint density at radius 1 is 1.24 bits per heavy atom. The summed E-state index contributed by atoms with van der Waals surface area (Å²) in [5.74, 6) is -0.989. The molecule has 0 aliphatic heterocycles. The molecule has 2 N–H and O–H groups in total. The minimum atomic E-state index is -1.03. The van der Waals surface area contributed by atoms with Crippen LogP contribution in [0, 0.1) is 0 Å². The van der Waals surface area contributed by atoms with Gasteiger partial charge in [0, 0.05) is 23.7 Å². The molecule has 5 nitrogen and oxygen atoms in total. The van der Waals surface area contributed by atoms with Crippen LogP contribution in [-0.2, 0) is 6.54 Å². The standard InChI is InChI=1S/C16H19NO4/c1-9(2)11-6-12-14(10(3)19)8-17(4-5-18)15(12)13(7-11)16(20)21/h6-9,18H,4-5H2,1-3H3,(H,20,21). The third kappa shape index (κ3) is 2.69. The second-order valence-electron chi connectivity index (χ2n) is 5.44. The van der Waals surface area contributed by atoms with E-state index >= 15 is 0 Å². The molecule has 112 valence electrons. The molecule has 1 aromatic heterocycles. The zero-order chi connectivity index (χ0) is 15.7. The quantitative estimate of drug-likeness (QED) is 0.829. The highest BCUT2D eigenvalue weighted by Gasteiger charge is 2.20. The highest BCUT2D eigenvalue weighted by atomic mass is 16.4. The molecule has 0 aliphatic carbocycles. The predicted octanol–water partition coefficient (Wildman–Crippen LogP) is 2.66. The van der Waals surface area contributed by atoms with Crippen LogP contribution in [0.5, 0.6) is 0 Å². The van der Waals surface area contributed by atoms with Crippen molar-refractivity contribution in [2.75, 3.05) is 6.61 Å². The van der Waals surface area contributed by atoms with Gasteiger partial charge in [0.25, 0.3) is 0 Å². The fourth-order valence-corrected chi connectivity index (χ4v) is 2.52. The zero-order valence-corrected chi connectivity index (χ0v) is 12.4. The molecule has 0 aliphatic rings. The van der Waals surface area contributed by atoms with Crippen LogP contribution in [0.3, 0.4) is 0 Å². The van der Waals surface area contributed by atoms with Crippen LogP contribution in [0.15, 0.2) is 18.3 Å². The van der Waals surface area contributed by atoms with E-state index in [0.717, 1.165) is 5.56 Å². The minimum absolute atomic E-state index is 0.117. The van der Waals surface area contributed by atoms with Crippen molar-refractivity contribution in [1.29, 1.82) is 0 Å². The number of nitrogens with zero attached hydrogens (tertiary/aromatic N) is 1. The van der Waals surface area contributed by atoms with Gasteiger partial charge in [-0.2, -0.15) is 0 Å². The van der Waals surface area contributed by atoms with Gasteiger partial charge in [0.1, 0.15) is 0 Å². The molecule has 0 amide bonds. The maximum atomic E-state index is 11.8. The Bertz CT molecular complexity index is 713. The number of hydrogen-bond donors (Lipinski definition) is 2. The minimum Gasteiger partial charge on any atom is -0.478 e. The number of aliphatic hydroxyl groups is 1. The summed E-state index contributed by atoms with van der Waals surface area (Å²) in [6.07, 6.45) is 1.62. The lowest BCUT2D eigenvalue weighted by Crippen LogP contribution is -2.06. The summed E-state index contributed by atoms with van der Waals surface area (Å²) in [5.41, 5.74) is 2.02. The summed E-state index contributed by atoms with van der Waals surface area (Å²) in [6, 6.07) is 3.52. The number of Topliss-reactive ketones (excluding diaryl/α,β-unsaturated/α-hetero) is 1. The molecule has 2 aromatic rings. The van der Waals surface area contributed by atoms with Gasteiger partial charge in [-0.1, -0.05) is 13.8 Å². The van der Waals surface area contributed by atoms with Crippen molar-refractivity contribution in [3.05, 3.63) is 35.0 Å². The van der Waals surface area contributed by atoms with E-state index in [-0.39, 0.29) is 30.4 Å². The first-order valence-electron chi connectivity index (χ1n) is 6.88. The molecule has 0 radical (unpaired) electrons. The lowest BCUT2D eigenvalue weighted by Gasteiger charge is -2.11. The Hall–Kier alpha value is -2.14. The Labute approximate surface area is 122 Å².